The molecule has 1 aliphatic heterocycles. The fourth-order valence-corrected chi connectivity index (χ4v) is 2.79. The summed E-state index contributed by atoms with van der Waals surface area (Å²) in [5.74, 6) is 0.245. The van der Waals surface area contributed by atoms with E-state index in [-0.39, 0.29) is 0 Å². The van der Waals surface area contributed by atoms with Crippen molar-refractivity contribution in [2.45, 2.75) is 13.0 Å². The Balaban J connectivity index is 1.93. The van der Waals surface area contributed by atoms with Crippen LogP contribution in [0.15, 0.2) is 42.5 Å². The van der Waals surface area contributed by atoms with Gasteiger partial charge in [0.15, 0.2) is 0 Å². The number of primary amides is 1. The second-order valence-electron chi connectivity index (χ2n) is 5.19. The van der Waals surface area contributed by atoms with Gasteiger partial charge in [0.25, 0.3) is 0 Å². The van der Waals surface area contributed by atoms with Crippen LogP contribution >= 0.6 is 0 Å². The van der Waals surface area contributed by atoms with Crippen LogP contribution in [0.25, 0.3) is 0 Å². The van der Waals surface area contributed by atoms with Gasteiger partial charge in [-0.25, -0.2) is 0 Å². The Morgan fingerprint density at radius 1 is 1.19 bits per heavy atom. The lowest BCUT2D eigenvalue weighted by atomic mass is 9.99. The summed E-state index contributed by atoms with van der Waals surface area (Å²) < 4.78 is 5.43. The number of carbonyl (C=O) groups excluding carboxylic acids is 1. The summed E-state index contributed by atoms with van der Waals surface area (Å²) in [5, 5.41) is 0. The van der Waals surface area contributed by atoms with Gasteiger partial charge in [-0.1, -0.05) is 24.3 Å². The number of nitrogens with two attached hydrogens (primary N) is 1. The van der Waals surface area contributed by atoms with Gasteiger partial charge < -0.3 is 15.4 Å². The minimum Gasteiger partial charge on any atom is -0.495 e. The molecule has 2 aromatic carbocycles. The largest absolute Gasteiger partial charge is 0.495 e. The molecule has 0 saturated carbocycles. The Hall–Kier alpha value is -2.49. The number of hydrogen-bond donors (Lipinski definition) is 1. The number of anilines is 1. The average molecular weight is 282 g/mol. The molecular formula is C17H18N2O2. The van der Waals surface area contributed by atoms with Crippen LogP contribution in [0, 0.1) is 0 Å². The van der Waals surface area contributed by atoms with Gasteiger partial charge in [0, 0.05) is 18.7 Å². The molecule has 3 rings (SSSR count). The first-order chi connectivity index (χ1) is 10.2. The summed E-state index contributed by atoms with van der Waals surface area (Å²) in [5.41, 5.74) is 9.53. The minimum absolute atomic E-state index is 0.441. The zero-order chi connectivity index (χ0) is 14.8. The Morgan fingerprint density at radius 3 is 2.67 bits per heavy atom. The lowest BCUT2D eigenvalue weighted by Crippen LogP contribution is -2.30. The van der Waals surface area contributed by atoms with Crippen molar-refractivity contribution in [2.24, 2.45) is 5.73 Å². The number of ether oxygens (including phenoxy) is 1. The van der Waals surface area contributed by atoms with E-state index in [1.165, 1.54) is 11.1 Å². The smallest absolute Gasteiger partial charge is 0.248 e. The molecule has 2 aromatic rings. The Morgan fingerprint density at radius 2 is 1.95 bits per heavy atom. The highest BCUT2D eigenvalue weighted by Crippen LogP contribution is 2.32. The van der Waals surface area contributed by atoms with E-state index in [0.29, 0.717) is 11.3 Å². The molecule has 1 heterocycles. The van der Waals surface area contributed by atoms with E-state index >= 15 is 0 Å². The highest BCUT2D eigenvalue weighted by atomic mass is 16.5. The SMILES string of the molecule is COc1cc(C(N)=O)ccc1N1CCc2ccccc2C1. The molecule has 0 unspecified atom stereocenters. The van der Waals surface area contributed by atoms with Crippen LogP contribution in [0.5, 0.6) is 5.75 Å². The maximum Gasteiger partial charge on any atom is 0.248 e. The van der Waals surface area contributed by atoms with Crippen LogP contribution in [0.4, 0.5) is 5.69 Å². The molecule has 0 aromatic heterocycles. The zero-order valence-corrected chi connectivity index (χ0v) is 12.0. The quantitative estimate of drug-likeness (QED) is 0.940. The highest BCUT2D eigenvalue weighted by molar-refractivity contribution is 5.94. The van der Waals surface area contributed by atoms with Crippen LogP contribution in [0.2, 0.25) is 0 Å². The first kappa shape index (κ1) is 13.5. The molecule has 0 aliphatic carbocycles. The van der Waals surface area contributed by atoms with Gasteiger partial charge in [0.1, 0.15) is 5.75 Å². The molecule has 0 saturated heterocycles. The number of amides is 1. The molecule has 0 bridgehead atoms. The predicted molar refractivity (Wildman–Crippen MR) is 82.7 cm³/mol. The number of hydrogen-bond acceptors (Lipinski definition) is 3. The first-order valence-electron chi connectivity index (χ1n) is 6.98. The Bertz CT molecular complexity index is 682. The molecule has 21 heavy (non-hydrogen) atoms. The maximum atomic E-state index is 11.3. The van der Waals surface area contributed by atoms with Gasteiger partial charge in [-0.15, -0.1) is 0 Å². The molecule has 1 aliphatic rings. The monoisotopic (exact) mass is 282 g/mol. The van der Waals surface area contributed by atoms with Crippen molar-refractivity contribution in [3.8, 4) is 5.75 Å². The number of nitrogens with zero attached hydrogens (tertiary/aromatic N) is 1. The highest BCUT2D eigenvalue weighted by Gasteiger charge is 2.19. The molecule has 0 fully saturated rings. The number of methoxy groups -OCH3 is 1. The number of fused-ring (bicyclic) bond motifs is 1. The van der Waals surface area contributed by atoms with Gasteiger partial charge in [-0.3, -0.25) is 4.79 Å². The summed E-state index contributed by atoms with van der Waals surface area (Å²) in [4.78, 5) is 13.5. The lowest BCUT2D eigenvalue weighted by molar-refractivity contribution is 0.1000. The molecule has 1 amide bonds. The summed E-state index contributed by atoms with van der Waals surface area (Å²) in [7, 11) is 1.61. The number of carbonyl (C=O) groups is 1. The molecule has 4 nitrogen and oxygen atoms in total. The van der Waals surface area contributed by atoms with Gasteiger partial charge >= 0.3 is 0 Å². The van der Waals surface area contributed by atoms with Crippen molar-refractivity contribution >= 4 is 11.6 Å². The normalized spacial score (nSPS) is 13.7. The molecule has 0 spiro atoms. The second kappa shape index (κ2) is 5.48. The van der Waals surface area contributed by atoms with E-state index in [4.69, 9.17) is 10.5 Å². The van der Waals surface area contributed by atoms with E-state index in [1.807, 2.05) is 6.07 Å². The van der Waals surface area contributed by atoms with Crippen molar-refractivity contribution in [1.29, 1.82) is 0 Å². The summed E-state index contributed by atoms with van der Waals surface area (Å²) in [6.07, 6.45) is 1.01. The standard InChI is InChI=1S/C17H18N2O2/c1-21-16-10-13(17(18)20)6-7-15(16)19-9-8-12-4-2-3-5-14(12)11-19/h2-7,10H,8-9,11H2,1H3,(H2,18,20). The summed E-state index contributed by atoms with van der Waals surface area (Å²) in [6, 6.07) is 13.9. The molecule has 108 valence electrons. The van der Waals surface area contributed by atoms with Crippen molar-refractivity contribution in [3.63, 3.8) is 0 Å². The molecule has 2 N–H and O–H groups in total. The van der Waals surface area contributed by atoms with E-state index in [0.717, 1.165) is 25.2 Å². The minimum atomic E-state index is -0.441. The van der Waals surface area contributed by atoms with Gasteiger partial charge in [-0.2, -0.15) is 0 Å². The zero-order valence-electron chi connectivity index (χ0n) is 12.0. The maximum absolute atomic E-state index is 11.3. The third-order valence-electron chi connectivity index (χ3n) is 3.94. The van der Waals surface area contributed by atoms with E-state index in [2.05, 4.69) is 29.2 Å². The van der Waals surface area contributed by atoms with Crippen LogP contribution in [-0.2, 0) is 13.0 Å². The van der Waals surface area contributed by atoms with Crippen LogP contribution in [-0.4, -0.2) is 19.6 Å². The number of rotatable bonds is 3. The van der Waals surface area contributed by atoms with Crippen molar-refractivity contribution in [3.05, 3.63) is 59.2 Å². The van der Waals surface area contributed by atoms with Gasteiger partial charge in [0.2, 0.25) is 5.91 Å². The van der Waals surface area contributed by atoms with Gasteiger partial charge in [-0.05, 0) is 35.7 Å². The third kappa shape index (κ3) is 2.57. The first-order valence-corrected chi connectivity index (χ1v) is 6.98. The van der Waals surface area contributed by atoms with Crippen molar-refractivity contribution in [1.82, 2.24) is 0 Å². The predicted octanol–water partition coefficient (Wildman–Crippen LogP) is 2.36. The number of benzene rings is 2. The van der Waals surface area contributed by atoms with Crippen LogP contribution in [0.3, 0.4) is 0 Å². The lowest BCUT2D eigenvalue weighted by Gasteiger charge is -2.31. The molecule has 4 heteroatoms. The molecule has 0 radical (unpaired) electrons. The second-order valence-corrected chi connectivity index (χ2v) is 5.19. The van der Waals surface area contributed by atoms with Gasteiger partial charge in [0.05, 0.1) is 12.8 Å². The topological polar surface area (TPSA) is 55.6 Å². The molecule has 0 atom stereocenters. The van der Waals surface area contributed by atoms with Crippen molar-refractivity contribution in [2.75, 3.05) is 18.6 Å². The Labute approximate surface area is 124 Å². The van der Waals surface area contributed by atoms with E-state index in [9.17, 15) is 4.79 Å². The average Bonchev–Trinajstić information content (AvgIpc) is 2.53. The Kier molecular flexibility index (Phi) is 3.52. The fourth-order valence-electron chi connectivity index (χ4n) is 2.79. The van der Waals surface area contributed by atoms with Crippen LogP contribution in [0.1, 0.15) is 21.5 Å². The van der Waals surface area contributed by atoms with E-state index in [1.54, 1.807) is 19.2 Å². The summed E-state index contributed by atoms with van der Waals surface area (Å²) in [6.45, 7) is 1.78. The fraction of sp³-hybridized carbons (Fsp3) is 0.235. The van der Waals surface area contributed by atoms with Crippen LogP contribution < -0.4 is 15.4 Å². The van der Waals surface area contributed by atoms with E-state index < -0.39 is 5.91 Å². The molecular weight excluding hydrogens is 264 g/mol. The summed E-state index contributed by atoms with van der Waals surface area (Å²) >= 11 is 0. The van der Waals surface area contributed by atoms with Crippen molar-refractivity contribution < 1.29 is 9.53 Å². The third-order valence-corrected chi connectivity index (χ3v) is 3.94.